The number of carboxylic acids is 1. The standard InChI is InChI=1S/C14H18F3N3O4/c1-9(12(21)22)8-20(2)13(23)19-6-7-24-11-10(14(15,16)17)4-3-5-18-11/h3-5,9H,6-8H2,1-2H3,(H,19,23)(H,21,22). The highest BCUT2D eigenvalue weighted by molar-refractivity contribution is 5.75. The van der Waals surface area contributed by atoms with E-state index in [1.807, 2.05) is 0 Å². The van der Waals surface area contributed by atoms with Crippen molar-refractivity contribution in [3.8, 4) is 5.88 Å². The molecule has 1 aromatic rings. The lowest BCUT2D eigenvalue weighted by Gasteiger charge is -2.20. The molecule has 1 rings (SSSR count). The molecule has 2 amide bonds. The zero-order valence-corrected chi connectivity index (χ0v) is 13.1. The van der Waals surface area contributed by atoms with E-state index in [4.69, 9.17) is 9.84 Å². The van der Waals surface area contributed by atoms with E-state index < -0.39 is 35.5 Å². The summed E-state index contributed by atoms with van der Waals surface area (Å²) in [5, 5.41) is 11.2. The van der Waals surface area contributed by atoms with Gasteiger partial charge < -0.3 is 20.1 Å². The topological polar surface area (TPSA) is 91.8 Å². The molecule has 0 aliphatic heterocycles. The van der Waals surface area contributed by atoms with Gasteiger partial charge in [0.1, 0.15) is 12.2 Å². The second kappa shape index (κ2) is 8.37. The normalized spacial score (nSPS) is 12.4. The fraction of sp³-hybridized carbons (Fsp3) is 0.500. The van der Waals surface area contributed by atoms with E-state index in [1.54, 1.807) is 0 Å². The lowest BCUT2D eigenvalue weighted by atomic mass is 10.2. The van der Waals surface area contributed by atoms with Crippen LogP contribution in [0.1, 0.15) is 12.5 Å². The number of nitrogens with zero attached hydrogens (tertiary/aromatic N) is 2. The van der Waals surface area contributed by atoms with Crippen molar-refractivity contribution in [2.45, 2.75) is 13.1 Å². The van der Waals surface area contributed by atoms with Gasteiger partial charge in [-0.3, -0.25) is 4.79 Å². The highest BCUT2D eigenvalue weighted by Crippen LogP contribution is 2.34. The van der Waals surface area contributed by atoms with Crippen molar-refractivity contribution < 1.29 is 32.6 Å². The summed E-state index contributed by atoms with van der Waals surface area (Å²) in [4.78, 5) is 27.1. The number of aliphatic carboxylic acids is 1. The molecule has 1 unspecified atom stereocenters. The first-order valence-electron chi connectivity index (χ1n) is 6.99. The summed E-state index contributed by atoms with van der Waals surface area (Å²) in [6.07, 6.45) is -3.41. The summed E-state index contributed by atoms with van der Waals surface area (Å²) in [6, 6.07) is 1.45. The third-order valence-electron chi connectivity index (χ3n) is 3.01. The van der Waals surface area contributed by atoms with E-state index in [0.717, 1.165) is 12.1 Å². The number of aromatic nitrogens is 1. The van der Waals surface area contributed by atoms with Crippen molar-refractivity contribution >= 4 is 12.0 Å². The number of pyridine rings is 1. The molecule has 0 spiro atoms. The van der Waals surface area contributed by atoms with Gasteiger partial charge in [0, 0.05) is 19.8 Å². The van der Waals surface area contributed by atoms with Crippen molar-refractivity contribution in [2.75, 3.05) is 26.7 Å². The largest absolute Gasteiger partial charge is 0.481 e. The van der Waals surface area contributed by atoms with E-state index in [-0.39, 0.29) is 19.7 Å². The molecule has 0 aromatic carbocycles. The van der Waals surface area contributed by atoms with Crippen LogP contribution in [0.5, 0.6) is 5.88 Å². The molecule has 2 N–H and O–H groups in total. The Labute approximate surface area is 136 Å². The van der Waals surface area contributed by atoms with Crippen LogP contribution in [0.25, 0.3) is 0 Å². The van der Waals surface area contributed by atoms with Crippen LogP contribution in [-0.2, 0) is 11.0 Å². The second-order valence-electron chi connectivity index (χ2n) is 5.05. The Kier molecular flexibility index (Phi) is 6.81. The number of ether oxygens (including phenoxy) is 1. The van der Waals surface area contributed by atoms with Gasteiger partial charge in [0.05, 0.1) is 12.5 Å². The number of halogens is 3. The predicted octanol–water partition coefficient (Wildman–Crippen LogP) is 1.84. The van der Waals surface area contributed by atoms with E-state index in [1.165, 1.54) is 25.1 Å². The van der Waals surface area contributed by atoms with Gasteiger partial charge in [-0.1, -0.05) is 6.92 Å². The number of alkyl halides is 3. The molecule has 0 saturated heterocycles. The summed E-state index contributed by atoms with van der Waals surface area (Å²) in [5.41, 5.74) is -0.997. The van der Waals surface area contributed by atoms with Crippen LogP contribution in [0.4, 0.5) is 18.0 Å². The first kappa shape index (κ1) is 19.5. The molecule has 1 atom stereocenters. The van der Waals surface area contributed by atoms with E-state index in [9.17, 15) is 22.8 Å². The predicted molar refractivity (Wildman–Crippen MR) is 77.6 cm³/mol. The SMILES string of the molecule is CC(CN(C)C(=O)NCCOc1ncccc1C(F)(F)F)C(=O)O. The highest BCUT2D eigenvalue weighted by Gasteiger charge is 2.35. The van der Waals surface area contributed by atoms with Gasteiger partial charge in [0.25, 0.3) is 0 Å². The quantitative estimate of drug-likeness (QED) is 0.733. The van der Waals surface area contributed by atoms with Crippen LogP contribution in [0.15, 0.2) is 18.3 Å². The number of carbonyl (C=O) groups excluding carboxylic acids is 1. The molecule has 1 heterocycles. The molecular formula is C14H18F3N3O4. The van der Waals surface area contributed by atoms with Gasteiger partial charge in [-0.2, -0.15) is 13.2 Å². The minimum absolute atomic E-state index is 0.000483. The van der Waals surface area contributed by atoms with Crippen molar-refractivity contribution in [3.63, 3.8) is 0 Å². The Balaban J connectivity index is 2.44. The molecule has 10 heteroatoms. The third-order valence-corrected chi connectivity index (χ3v) is 3.01. The van der Waals surface area contributed by atoms with Gasteiger partial charge >= 0.3 is 18.2 Å². The maximum absolute atomic E-state index is 12.7. The van der Waals surface area contributed by atoms with Gasteiger partial charge in [-0.15, -0.1) is 0 Å². The highest BCUT2D eigenvalue weighted by atomic mass is 19.4. The van der Waals surface area contributed by atoms with Crippen molar-refractivity contribution in [2.24, 2.45) is 5.92 Å². The summed E-state index contributed by atoms with van der Waals surface area (Å²) in [7, 11) is 1.41. The lowest BCUT2D eigenvalue weighted by Crippen LogP contribution is -2.42. The molecule has 7 nitrogen and oxygen atoms in total. The number of amides is 2. The summed E-state index contributed by atoms with van der Waals surface area (Å²) in [5.74, 6) is -2.33. The molecule has 134 valence electrons. The van der Waals surface area contributed by atoms with Gasteiger partial charge in [0.2, 0.25) is 5.88 Å². The van der Waals surface area contributed by atoms with E-state index in [2.05, 4.69) is 10.3 Å². The monoisotopic (exact) mass is 349 g/mol. The fourth-order valence-corrected chi connectivity index (χ4v) is 1.73. The first-order valence-corrected chi connectivity index (χ1v) is 6.99. The maximum Gasteiger partial charge on any atom is 0.421 e. The van der Waals surface area contributed by atoms with Crippen LogP contribution in [-0.4, -0.2) is 53.7 Å². The number of hydrogen-bond acceptors (Lipinski definition) is 4. The smallest absolute Gasteiger partial charge is 0.421 e. The number of carbonyl (C=O) groups is 2. The van der Waals surface area contributed by atoms with Crippen molar-refractivity contribution in [3.05, 3.63) is 23.9 Å². The molecule has 0 aliphatic carbocycles. The van der Waals surface area contributed by atoms with Crippen LogP contribution < -0.4 is 10.1 Å². The lowest BCUT2D eigenvalue weighted by molar-refractivity contribution is -0.141. The molecule has 0 fully saturated rings. The van der Waals surface area contributed by atoms with Gasteiger partial charge in [-0.25, -0.2) is 9.78 Å². The van der Waals surface area contributed by atoms with E-state index >= 15 is 0 Å². The van der Waals surface area contributed by atoms with Crippen LogP contribution in [0.3, 0.4) is 0 Å². The zero-order valence-electron chi connectivity index (χ0n) is 13.1. The number of rotatable bonds is 7. The Morgan fingerprint density at radius 1 is 1.46 bits per heavy atom. The average molecular weight is 349 g/mol. The summed E-state index contributed by atoms with van der Waals surface area (Å²) in [6.45, 7) is 1.18. The Morgan fingerprint density at radius 2 is 2.12 bits per heavy atom. The van der Waals surface area contributed by atoms with Crippen LogP contribution in [0.2, 0.25) is 0 Å². The molecular weight excluding hydrogens is 331 g/mol. The molecule has 0 saturated carbocycles. The van der Waals surface area contributed by atoms with Crippen molar-refractivity contribution in [1.82, 2.24) is 15.2 Å². The zero-order chi connectivity index (χ0) is 18.3. The van der Waals surface area contributed by atoms with Gasteiger partial charge in [-0.05, 0) is 12.1 Å². The fourth-order valence-electron chi connectivity index (χ4n) is 1.73. The molecule has 24 heavy (non-hydrogen) atoms. The number of hydrogen-bond donors (Lipinski definition) is 2. The minimum atomic E-state index is -4.58. The molecule has 0 radical (unpaired) electrons. The summed E-state index contributed by atoms with van der Waals surface area (Å²) >= 11 is 0. The van der Waals surface area contributed by atoms with Crippen LogP contribution in [0, 0.1) is 5.92 Å². The van der Waals surface area contributed by atoms with Crippen LogP contribution >= 0.6 is 0 Å². The van der Waals surface area contributed by atoms with Crippen molar-refractivity contribution in [1.29, 1.82) is 0 Å². The Hall–Kier alpha value is -2.52. The Bertz CT molecular complexity index is 581. The van der Waals surface area contributed by atoms with E-state index in [0.29, 0.717) is 0 Å². The minimum Gasteiger partial charge on any atom is -0.481 e. The number of nitrogens with one attached hydrogen (secondary N) is 1. The average Bonchev–Trinajstić information content (AvgIpc) is 2.50. The summed E-state index contributed by atoms with van der Waals surface area (Å²) < 4.78 is 43.2. The first-order chi connectivity index (χ1) is 11.1. The van der Waals surface area contributed by atoms with Gasteiger partial charge in [0.15, 0.2) is 0 Å². The third kappa shape index (κ3) is 5.94. The Morgan fingerprint density at radius 3 is 2.71 bits per heavy atom. The molecule has 0 bridgehead atoms. The molecule has 1 aromatic heterocycles. The molecule has 0 aliphatic rings. The number of carboxylic acid groups (broad SMARTS) is 1. The number of urea groups is 1. The second-order valence-corrected chi connectivity index (χ2v) is 5.05. The maximum atomic E-state index is 12.7.